The lowest BCUT2D eigenvalue weighted by Gasteiger charge is -2.09. The molecule has 0 aliphatic carbocycles. The molecule has 102 valence electrons. The average Bonchev–Trinajstić information content (AvgIpc) is 2.31. The van der Waals surface area contributed by atoms with E-state index in [1.54, 1.807) is 12.3 Å². The molecule has 0 bridgehead atoms. The van der Waals surface area contributed by atoms with Gasteiger partial charge in [0.1, 0.15) is 0 Å². The van der Waals surface area contributed by atoms with Gasteiger partial charge in [-0.1, -0.05) is 6.92 Å². The van der Waals surface area contributed by atoms with E-state index in [1.807, 2.05) is 13.8 Å². The Hall–Kier alpha value is -1.14. The summed E-state index contributed by atoms with van der Waals surface area (Å²) in [6.45, 7) is 5.66. The molecule has 6 heteroatoms. The predicted octanol–water partition coefficient (Wildman–Crippen LogP) is 1.52. The highest BCUT2D eigenvalue weighted by Gasteiger charge is 2.11. The molecule has 0 radical (unpaired) electrons. The lowest BCUT2D eigenvalue weighted by Crippen LogP contribution is -2.19. The molecule has 0 unspecified atom stereocenters. The van der Waals surface area contributed by atoms with E-state index in [4.69, 9.17) is 0 Å². The summed E-state index contributed by atoms with van der Waals surface area (Å²) >= 11 is 0. The minimum atomic E-state index is -3.26. The lowest BCUT2D eigenvalue weighted by atomic mass is 10.3. The van der Waals surface area contributed by atoms with Crippen molar-refractivity contribution in [2.45, 2.75) is 26.7 Å². The van der Waals surface area contributed by atoms with Gasteiger partial charge in [-0.15, -0.1) is 0 Å². The highest BCUT2D eigenvalue weighted by Crippen LogP contribution is 2.13. The second-order valence-electron chi connectivity index (χ2n) is 4.17. The van der Waals surface area contributed by atoms with Crippen LogP contribution in [0.15, 0.2) is 18.5 Å². The summed E-state index contributed by atoms with van der Waals surface area (Å²) in [5, 5.41) is 3.17. The lowest BCUT2D eigenvalue weighted by molar-refractivity contribution is 0.593. The number of unbranched alkanes of at least 4 members (excludes halogenated alkanes) is 1. The monoisotopic (exact) mass is 271 g/mol. The number of nitrogens with zero attached hydrogens (tertiary/aromatic N) is 1. The van der Waals surface area contributed by atoms with Crippen LogP contribution in [0.1, 0.15) is 25.3 Å². The maximum absolute atomic E-state index is 11.8. The third kappa shape index (κ3) is 5.46. The fourth-order valence-electron chi connectivity index (χ4n) is 1.51. The van der Waals surface area contributed by atoms with Crippen LogP contribution in [-0.4, -0.2) is 32.2 Å². The minimum Gasteiger partial charge on any atom is -0.317 e. The molecule has 1 aromatic heterocycles. The topological polar surface area (TPSA) is 71.1 Å². The molecular weight excluding hydrogens is 250 g/mol. The fourth-order valence-corrected chi connectivity index (χ4v) is 2.74. The molecule has 0 atom stereocenters. The van der Waals surface area contributed by atoms with Crippen molar-refractivity contribution in [3.8, 4) is 0 Å². The van der Waals surface area contributed by atoms with Crippen molar-refractivity contribution in [3.63, 3.8) is 0 Å². The Morgan fingerprint density at radius 1 is 1.33 bits per heavy atom. The van der Waals surface area contributed by atoms with Gasteiger partial charge in [-0.05, 0) is 44.5 Å². The van der Waals surface area contributed by atoms with Crippen molar-refractivity contribution < 1.29 is 8.42 Å². The number of pyridine rings is 1. The van der Waals surface area contributed by atoms with Crippen LogP contribution in [0, 0.1) is 6.92 Å². The third-order valence-electron chi connectivity index (χ3n) is 2.57. The number of sulfonamides is 1. The summed E-state index contributed by atoms with van der Waals surface area (Å²) in [5.41, 5.74) is 1.44. The fraction of sp³-hybridized carbons (Fsp3) is 0.583. The Balaban J connectivity index is 2.43. The van der Waals surface area contributed by atoms with Crippen LogP contribution in [0.2, 0.25) is 0 Å². The van der Waals surface area contributed by atoms with E-state index >= 15 is 0 Å². The van der Waals surface area contributed by atoms with Crippen molar-refractivity contribution in [1.29, 1.82) is 0 Å². The summed E-state index contributed by atoms with van der Waals surface area (Å²) in [5.74, 6) is 0.146. The number of aromatic nitrogens is 1. The molecule has 1 rings (SSSR count). The van der Waals surface area contributed by atoms with Gasteiger partial charge in [0.05, 0.1) is 17.6 Å². The Bertz CT molecular complexity index is 460. The first-order chi connectivity index (χ1) is 8.55. The number of rotatable bonds is 8. The van der Waals surface area contributed by atoms with Crippen LogP contribution in [0.3, 0.4) is 0 Å². The second kappa shape index (κ2) is 7.33. The molecule has 2 N–H and O–H groups in total. The number of aryl methyl sites for hydroxylation is 1. The molecular formula is C12H21N3O2S. The van der Waals surface area contributed by atoms with E-state index in [1.165, 1.54) is 6.20 Å². The van der Waals surface area contributed by atoms with E-state index in [9.17, 15) is 8.42 Å². The van der Waals surface area contributed by atoms with Crippen molar-refractivity contribution in [1.82, 2.24) is 10.3 Å². The zero-order valence-electron chi connectivity index (χ0n) is 10.9. The van der Waals surface area contributed by atoms with Gasteiger partial charge in [0.15, 0.2) is 0 Å². The Labute approximate surface area is 109 Å². The van der Waals surface area contributed by atoms with E-state index in [2.05, 4.69) is 15.0 Å². The molecule has 1 aromatic rings. The second-order valence-corrected chi connectivity index (χ2v) is 6.01. The molecule has 0 fully saturated rings. The van der Waals surface area contributed by atoms with Gasteiger partial charge in [0.2, 0.25) is 10.0 Å². The number of hydrogen-bond donors (Lipinski definition) is 2. The SMILES string of the molecule is CCNCCCCS(=O)(=O)Nc1cnccc1C. The molecule has 0 aromatic carbocycles. The van der Waals surface area contributed by atoms with Gasteiger partial charge in [-0.25, -0.2) is 8.42 Å². The molecule has 0 aliphatic heterocycles. The highest BCUT2D eigenvalue weighted by atomic mass is 32.2. The van der Waals surface area contributed by atoms with Gasteiger partial charge in [0.25, 0.3) is 0 Å². The highest BCUT2D eigenvalue weighted by molar-refractivity contribution is 7.92. The number of anilines is 1. The molecule has 0 saturated carbocycles. The number of hydrogen-bond acceptors (Lipinski definition) is 4. The smallest absolute Gasteiger partial charge is 0.232 e. The van der Waals surface area contributed by atoms with Crippen molar-refractivity contribution in [2.24, 2.45) is 0 Å². The van der Waals surface area contributed by atoms with E-state index < -0.39 is 10.0 Å². The van der Waals surface area contributed by atoms with Crippen LogP contribution in [0.4, 0.5) is 5.69 Å². The van der Waals surface area contributed by atoms with Gasteiger partial charge in [-0.2, -0.15) is 0 Å². The molecule has 0 amide bonds. The first-order valence-corrected chi connectivity index (χ1v) is 7.82. The van der Waals surface area contributed by atoms with Gasteiger partial charge in [-0.3, -0.25) is 9.71 Å². The molecule has 0 saturated heterocycles. The van der Waals surface area contributed by atoms with Crippen LogP contribution in [0.25, 0.3) is 0 Å². The quantitative estimate of drug-likeness (QED) is 0.703. The minimum absolute atomic E-state index is 0.146. The predicted molar refractivity (Wildman–Crippen MR) is 74.2 cm³/mol. The average molecular weight is 271 g/mol. The summed E-state index contributed by atoms with van der Waals surface area (Å²) < 4.78 is 26.2. The van der Waals surface area contributed by atoms with Gasteiger partial charge >= 0.3 is 0 Å². The summed E-state index contributed by atoms with van der Waals surface area (Å²) in [7, 11) is -3.26. The third-order valence-corrected chi connectivity index (χ3v) is 3.93. The van der Waals surface area contributed by atoms with Crippen LogP contribution < -0.4 is 10.0 Å². The molecule has 0 spiro atoms. The van der Waals surface area contributed by atoms with Crippen LogP contribution in [-0.2, 0) is 10.0 Å². The number of nitrogens with one attached hydrogen (secondary N) is 2. The van der Waals surface area contributed by atoms with E-state index in [0.717, 1.165) is 25.1 Å². The molecule has 1 heterocycles. The molecule has 18 heavy (non-hydrogen) atoms. The summed E-state index contributed by atoms with van der Waals surface area (Å²) in [6, 6.07) is 1.78. The first kappa shape index (κ1) is 14.9. The normalized spacial score (nSPS) is 11.4. The maximum Gasteiger partial charge on any atom is 0.232 e. The van der Waals surface area contributed by atoms with Crippen molar-refractivity contribution in [3.05, 3.63) is 24.0 Å². The van der Waals surface area contributed by atoms with Gasteiger partial charge < -0.3 is 5.32 Å². The Kier molecular flexibility index (Phi) is 6.07. The molecule has 0 aliphatic rings. The zero-order valence-corrected chi connectivity index (χ0v) is 11.8. The summed E-state index contributed by atoms with van der Waals surface area (Å²) in [6.07, 6.45) is 4.69. The maximum atomic E-state index is 11.8. The Morgan fingerprint density at radius 2 is 2.11 bits per heavy atom. The van der Waals surface area contributed by atoms with E-state index in [0.29, 0.717) is 12.1 Å². The van der Waals surface area contributed by atoms with Crippen LogP contribution >= 0.6 is 0 Å². The zero-order chi connectivity index (χ0) is 13.4. The summed E-state index contributed by atoms with van der Waals surface area (Å²) in [4.78, 5) is 3.91. The van der Waals surface area contributed by atoms with Crippen molar-refractivity contribution in [2.75, 3.05) is 23.6 Å². The molecule has 5 nitrogen and oxygen atoms in total. The van der Waals surface area contributed by atoms with Crippen LogP contribution in [0.5, 0.6) is 0 Å². The standard InChI is InChI=1S/C12H21N3O2S/c1-3-13-7-4-5-9-18(16,17)15-12-10-14-8-6-11(12)2/h6,8,10,13,15H,3-5,7,9H2,1-2H3. The van der Waals surface area contributed by atoms with E-state index in [-0.39, 0.29) is 5.75 Å². The van der Waals surface area contributed by atoms with Gasteiger partial charge in [0, 0.05) is 6.20 Å². The largest absolute Gasteiger partial charge is 0.317 e. The first-order valence-electron chi connectivity index (χ1n) is 6.17. The Morgan fingerprint density at radius 3 is 2.78 bits per heavy atom. The van der Waals surface area contributed by atoms with Crippen molar-refractivity contribution >= 4 is 15.7 Å².